The summed E-state index contributed by atoms with van der Waals surface area (Å²) in [6.07, 6.45) is 3.20. The van der Waals surface area contributed by atoms with E-state index in [1.807, 2.05) is 0 Å². The van der Waals surface area contributed by atoms with Crippen LogP contribution in [0.2, 0.25) is 0 Å². The fraction of sp³-hybridized carbons (Fsp3) is 0.464. The number of H-pyrrole nitrogens is 1. The topological polar surface area (TPSA) is 359 Å². The van der Waals surface area contributed by atoms with Crippen molar-refractivity contribution >= 4 is 74.5 Å². The molecule has 0 saturated carbocycles. The minimum Gasteiger partial charge on any atom is -0.494 e. The van der Waals surface area contributed by atoms with Crippen LogP contribution in [0.1, 0.15) is 107 Å². The number of nitrogens with one attached hydrogen (secondary N) is 8. The molecule has 2 heterocycles. The SMILES string of the molecule is Cc1cc(OCCCC(=O)NCCNC(=O)C(CCC(=O)OC(C)(C)C)NC(=O)C(CCC(=O)OC(C)(C)C)NC(=O)OCc2ccccc2)cc(C)c1S(=O)(=O)NC(CNC(=O)c1ccc2c(cnn2CCNc2ncc[nH]2)c1)C(=O)O. The number of hydrogen-bond acceptors (Lipinski definition) is 17. The number of alkyl carbamates (subject to hydrolysis) is 1. The van der Waals surface area contributed by atoms with Crippen LogP contribution in [0, 0.1) is 13.8 Å². The number of amides is 5. The van der Waals surface area contributed by atoms with Crippen LogP contribution in [0.3, 0.4) is 0 Å². The quantitative estimate of drug-likeness (QED) is 0.0172. The number of aliphatic carboxylic acids is 1. The average molecular weight is 1170 g/mol. The van der Waals surface area contributed by atoms with Gasteiger partial charge in [-0.3, -0.25) is 38.2 Å². The molecular formula is C56H75N11O15S. The standard InChI is InChI=1S/C56H75N11O15S/c1-35-29-40(30-36(2)48(35)83(77,78)66-43(52(74)75)33-62-49(71)38-16-19-44-39(31-38)32-63-67(44)27-26-61-53-59-24-25-60-53)79-28-12-15-45(68)57-22-23-58-50(72)41(17-20-46(69)81-55(3,4)5)64-51(73)42(18-21-47(70)82-56(6,7)8)65-54(76)80-34-37-13-10-9-11-14-37/h9-11,13-14,16,19,24-25,29-32,41-43,66H,12,15,17-18,20-23,26-28,33-34H2,1-8H3,(H,57,68)(H,58,72)(H,62,71)(H,64,73)(H,65,76)(H,74,75)(H2,59,60,61). The van der Waals surface area contributed by atoms with Crippen molar-refractivity contribution in [2.45, 2.75) is 141 Å². The summed E-state index contributed by atoms with van der Waals surface area (Å²) in [4.78, 5) is 111. The van der Waals surface area contributed by atoms with E-state index in [0.29, 0.717) is 35.7 Å². The molecule has 3 atom stereocenters. The molecule has 0 bridgehead atoms. The highest BCUT2D eigenvalue weighted by Gasteiger charge is 2.31. The number of nitrogens with zero attached hydrogens (tertiary/aromatic N) is 3. The van der Waals surface area contributed by atoms with E-state index >= 15 is 0 Å². The maximum absolute atomic E-state index is 13.8. The number of esters is 2. The molecule has 0 fully saturated rings. The number of anilines is 1. The van der Waals surface area contributed by atoms with Crippen LogP contribution in [0.25, 0.3) is 10.9 Å². The first kappa shape index (κ1) is 65.2. The Kier molecular flexibility index (Phi) is 23.9. The third-order valence-corrected chi connectivity index (χ3v) is 13.7. The Balaban J connectivity index is 1.09. The summed E-state index contributed by atoms with van der Waals surface area (Å²) in [5, 5.41) is 31.0. The summed E-state index contributed by atoms with van der Waals surface area (Å²) in [6, 6.07) is 12.2. The van der Waals surface area contributed by atoms with Crippen LogP contribution in [0.15, 0.2) is 84.1 Å². The fourth-order valence-electron chi connectivity index (χ4n) is 8.24. The zero-order chi connectivity index (χ0) is 60.9. The van der Waals surface area contributed by atoms with Gasteiger partial charge in [-0.1, -0.05) is 30.3 Å². The van der Waals surface area contributed by atoms with Gasteiger partial charge in [0.2, 0.25) is 27.7 Å². The molecule has 0 saturated heterocycles. The van der Waals surface area contributed by atoms with E-state index in [1.165, 1.54) is 26.0 Å². The second-order valence-electron chi connectivity index (χ2n) is 21.3. The van der Waals surface area contributed by atoms with Crippen molar-refractivity contribution in [3.05, 3.63) is 102 Å². The summed E-state index contributed by atoms with van der Waals surface area (Å²) in [6.45, 7) is 13.4. The van der Waals surface area contributed by atoms with Crippen molar-refractivity contribution in [1.82, 2.24) is 51.1 Å². The first-order valence-electron chi connectivity index (χ1n) is 26.9. The number of imidazole rings is 1. The number of aromatic amines is 1. The second-order valence-corrected chi connectivity index (χ2v) is 22.9. The van der Waals surface area contributed by atoms with E-state index < -0.39 is 87.6 Å². The molecule has 0 aliphatic rings. The van der Waals surface area contributed by atoms with Gasteiger partial charge in [0.25, 0.3) is 5.91 Å². The zero-order valence-electron chi connectivity index (χ0n) is 47.8. The Labute approximate surface area is 481 Å². The molecule has 5 rings (SSSR count). The lowest BCUT2D eigenvalue weighted by atomic mass is 10.1. The highest BCUT2D eigenvalue weighted by Crippen LogP contribution is 2.27. The molecule has 0 radical (unpaired) electrons. The number of benzene rings is 3. The summed E-state index contributed by atoms with van der Waals surface area (Å²) in [5.41, 5.74) is 0.487. The van der Waals surface area contributed by atoms with Crippen LogP contribution in [0.4, 0.5) is 10.7 Å². The molecule has 27 heteroatoms. The Bertz CT molecular complexity index is 3130. The number of hydrogen-bond donors (Lipinski definition) is 9. The first-order chi connectivity index (χ1) is 39.2. The van der Waals surface area contributed by atoms with Crippen molar-refractivity contribution in [2.24, 2.45) is 0 Å². The minimum atomic E-state index is -4.45. The van der Waals surface area contributed by atoms with Gasteiger partial charge in [0.1, 0.15) is 41.7 Å². The largest absolute Gasteiger partial charge is 0.494 e. The van der Waals surface area contributed by atoms with Crippen molar-refractivity contribution in [2.75, 3.05) is 38.1 Å². The first-order valence-corrected chi connectivity index (χ1v) is 28.4. The predicted molar refractivity (Wildman–Crippen MR) is 303 cm³/mol. The lowest BCUT2D eigenvalue weighted by molar-refractivity contribution is -0.156. The third-order valence-electron chi connectivity index (χ3n) is 11.9. The maximum atomic E-state index is 13.8. The Morgan fingerprint density at radius 3 is 2.00 bits per heavy atom. The van der Waals surface area contributed by atoms with E-state index in [4.69, 9.17) is 18.9 Å². The van der Waals surface area contributed by atoms with Crippen molar-refractivity contribution in [3.63, 3.8) is 0 Å². The number of carboxylic acids is 1. The number of aryl methyl sites for hydroxylation is 2. The molecular weight excluding hydrogens is 1100 g/mol. The number of sulfonamides is 1. The highest BCUT2D eigenvalue weighted by atomic mass is 32.2. The summed E-state index contributed by atoms with van der Waals surface area (Å²) < 4.78 is 53.2. The number of fused-ring (bicyclic) bond motifs is 1. The molecule has 9 N–H and O–H groups in total. The van der Waals surface area contributed by atoms with Gasteiger partial charge in [0.05, 0.1) is 29.8 Å². The lowest BCUT2D eigenvalue weighted by Gasteiger charge is -2.24. The smallest absolute Gasteiger partial charge is 0.408 e. The summed E-state index contributed by atoms with van der Waals surface area (Å²) in [5.74, 6) is -4.46. The van der Waals surface area contributed by atoms with Crippen LogP contribution >= 0.6 is 0 Å². The third kappa shape index (κ3) is 22.4. The average Bonchev–Trinajstić information content (AvgIpc) is 3.77. The van der Waals surface area contributed by atoms with Gasteiger partial charge in [0, 0.05) is 68.8 Å². The van der Waals surface area contributed by atoms with Crippen LogP contribution in [0.5, 0.6) is 5.75 Å². The number of carbonyl (C=O) groups excluding carboxylic acids is 7. The highest BCUT2D eigenvalue weighted by molar-refractivity contribution is 7.89. The zero-order valence-corrected chi connectivity index (χ0v) is 48.7. The van der Waals surface area contributed by atoms with Crippen molar-refractivity contribution < 1.29 is 70.8 Å². The molecule has 83 heavy (non-hydrogen) atoms. The second kappa shape index (κ2) is 30.5. The number of carboxylic acid groups (broad SMARTS) is 1. The molecule has 5 amide bonds. The van der Waals surface area contributed by atoms with Gasteiger partial charge >= 0.3 is 24.0 Å². The van der Waals surface area contributed by atoms with E-state index in [1.54, 1.807) is 113 Å². The minimum absolute atomic E-state index is 0.000387. The maximum Gasteiger partial charge on any atom is 0.408 e. The van der Waals surface area contributed by atoms with Gasteiger partial charge in [-0.15, -0.1) is 0 Å². The Morgan fingerprint density at radius 2 is 1.39 bits per heavy atom. The van der Waals surface area contributed by atoms with Crippen LogP contribution in [-0.2, 0) is 66.2 Å². The Morgan fingerprint density at radius 1 is 0.747 bits per heavy atom. The summed E-state index contributed by atoms with van der Waals surface area (Å²) in [7, 11) is -4.45. The van der Waals surface area contributed by atoms with Crippen LogP contribution < -0.4 is 41.4 Å². The van der Waals surface area contributed by atoms with E-state index in [2.05, 4.69) is 51.7 Å². The van der Waals surface area contributed by atoms with E-state index in [9.17, 15) is 51.9 Å². The number of aromatic nitrogens is 4. The molecule has 2 aromatic heterocycles. The Hall–Kier alpha value is -8.59. The molecule has 450 valence electrons. The fourth-order valence-corrected chi connectivity index (χ4v) is 9.88. The van der Waals surface area contributed by atoms with Crippen molar-refractivity contribution in [3.8, 4) is 5.75 Å². The van der Waals surface area contributed by atoms with Gasteiger partial charge in [-0.25, -0.2) is 18.2 Å². The van der Waals surface area contributed by atoms with Gasteiger partial charge in [-0.2, -0.15) is 9.82 Å². The molecule has 0 spiro atoms. The predicted octanol–water partition coefficient (Wildman–Crippen LogP) is 4.06. The van der Waals surface area contributed by atoms with Crippen molar-refractivity contribution in [1.29, 1.82) is 0 Å². The molecule has 26 nitrogen and oxygen atoms in total. The monoisotopic (exact) mass is 1170 g/mol. The van der Waals surface area contributed by atoms with E-state index in [-0.39, 0.29) is 92.3 Å². The number of ether oxygens (including phenoxy) is 4. The number of carbonyl (C=O) groups is 8. The van der Waals surface area contributed by atoms with Gasteiger partial charge in [0.15, 0.2) is 5.95 Å². The number of rotatable bonds is 31. The molecule has 3 aromatic carbocycles. The van der Waals surface area contributed by atoms with Gasteiger partial charge in [-0.05, 0) is 122 Å². The molecule has 5 aromatic rings. The van der Waals surface area contributed by atoms with Crippen LogP contribution in [-0.4, -0.2) is 143 Å². The van der Waals surface area contributed by atoms with E-state index in [0.717, 1.165) is 5.52 Å². The lowest BCUT2D eigenvalue weighted by Crippen LogP contribution is -2.54. The molecule has 0 aliphatic carbocycles. The normalized spacial score (nSPS) is 12.7. The molecule has 0 aliphatic heterocycles. The van der Waals surface area contributed by atoms with Gasteiger partial charge < -0.3 is 60.9 Å². The summed E-state index contributed by atoms with van der Waals surface area (Å²) >= 11 is 0. The molecule has 3 unspecified atom stereocenters.